The number of nitrogens with zero attached hydrogens (tertiary/aromatic N) is 3. The number of ether oxygens (including phenoxy) is 3. The summed E-state index contributed by atoms with van der Waals surface area (Å²) in [6, 6.07) is 15.1. The summed E-state index contributed by atoms with van der Waals surface area (Å²) in [5, 5.41) is 5.16. The number of benzene rings is 3. The maximum Gasteiger partial charge on any atom is 0.282 e. The predicted molar refractivity (Wildman–Crippen MR) is 166 cm³/mol. The third-order valence-electron chi connectivity index (χ3n) is 6.19. The largest absolute Gasteiger partial charge is 0.496 e. The molecule has 0 aliphatic heterocycles. The van der Waals surface area contributed by atoms with E-state index in [0.29, 0.717) is 41.4 Å². The van der Waals surface area contributed by atoms with Crippen molar-refractivity contribution in [1.82, 2.24) is 9.66 Å². The number of hydrogen-bond acceptors (Lipinski definition) is 6. The van der Waals surface area contributed by atoms with E-state index in [-0.39, 0.29) is 11.5 Å². The molecule has 0 bridgehead atoms. The van der Waals surface area contributed by atoms with E-state index in [1.807, 2.05) is 56.3 Å². The molecule has 39 heavy (non-hydrogen) atoms. The number of rotatable bonds is 10. The van der Waals surface area contributed by atoms with Crippen molar-refractivity contribution in [3.8, 4) is 28.6 Å². The quantitative estimate of drug-likeness (QED) is 0.107. The molecule has 3 aromatic carbocycles. The molecule has 0 unspecified atom stereocenters. The van der Waals surface area contributed by atoms with Gasteiger partial charge in [0.05, 0.1) is 34.4 Å². The monoisotopic (exact) mass is 637 g/mol. The molecule has 0 N–H and O–H groups in total. The summed E-state index contributed by atoms with van der Waals surface area (Å²) in [6.45, 7) is 12.7. The van der Waals surface area contributed by atoms with Gasteiger partial charge in [0.2, 0.25) is 0 Å². The highest BCUT2D eigenvalue weighted by Gasteiger charge is 2.18. The first-order chi connectivity index (χ1) is 18.8. The van der Waals surface area contributed by atoms with Crippen molar-refractivity contribution in [3.63, 3.8) is 0 Å². The van der Waals surface area contributed by atoms with E-state index < -0.39 is 0 Å². The molecule has 0 amide bonds. The van der Waals surface area contributed by atoms with E-state index in [1.54, 1.807) is 25.5 Å². The Hall–Kier alpha value is -3.66. The van der Waals surface area contributed by atoms with Crippen LogP contribution >= 0.6 is 22.6 Å². The molecular formula is C31H32IN3O4. The van der Waals surface area contributed by atoms with Gasteiger partial charge < -0.3 is 14.2 Å². The number of hydrogen-bond donors (Lipinski definition) is 0. The van der Waals surface area contributed by atoms with Crippen molar-refractivity contribution in [2.24, 2.45) is 5.10 Å². The predicted octanol–water partition coefficient (Wildman–Crippen LogP) is 6.95. The molecule has 0 fully saturated rings. The molecule has 0 radical (unpaired) electrons. The van der Waals surface area contributed by atoms with Gasteiger partial charge in [-0.15, -0.1) is 0 Å². The standard InChI is InChI=1S/C31H32IN3O4/c1-7-13-39-29-25(32)15-21(16-28(29)38-8-2)18-33-35-30(34-26-12-10-9-11-22(26)31(35)36)24-17-23(19(3)4)27(37-6)14-20(24)5/h7,9-12,14-19H,1,8,13H2,2-6H3. The molecular weight excluding hydrogens is 605 g/mol. The van der Waals surface area contributed by atoms with Crippen molar-refractivity contribution < 1.29 is 14.2 Å². The first-order valence-corrected chi connectivity index (χ1v) is 13.8. The lowest BCUT2D eigenvalue weighted by Gasteiger charge is -2.17. The average Bonchev–Trinajstić information content (AvgIpc) is 2.92. The molecule has 4 aromatic rings. The van der Waals surface area contributed by atoms with Crippen LogP contribution in [0.25, 0.3) is 22.3 Å². The average molecular weight is 638 g/mol. The summed E-state index contributed by atoms with van der Waals surface area (Å²) in [5.74, 6) is 2.73. The van der Waals surface area contributed by atoms with E-state index in [1.165, 1.54) is 4.68 Å². The second-order valence-corrected chi connectivity index (χ2v) is 10.4. The maximum atomic E-state index is 13.7. The Labute approximate surface area is 242 Å². The molecule has 8 heteroatoms. The Morgan fingerprint density at radius 2 is 1.90 bits per heavy atom. The van der Waals surface area contributed by atoms with Crippen molar-refractivity contribution in [1.29, 1.82) is 0 Å². The molecule has 0 saturated carbocycles. The second-order valence-electron chi connectivity index (χ2n) is 9.24. The van der Waals surface area contributed by atoms with Crippen LogP contribution in [0.4, 0.5) is 0 Å². The second kappa shape index (κ2) is 12.5. The number of halogens is 1. The van der Waals surface area contributed by atoms with E-state index in [9.17, 15) is 4.79 Å². The van der Waals surface area contributed by atoms with Crippen molar-refractivity contribution in [2.45, 2.75) is 33.6 Å². The van der Waals surface area contributed by atoms with Gasteiger partial charge in [0.1, 0.15) is 12.4 Å². The first-order valence-electron chi connectivity index (χ1n) is 12.7. The number of aromatic nitrogens is 2. The van der Waals surface area contributed by atoms with Gasteiger partial charge in [0.25, 0.3) is 5.56 Å². The molecule has 0 aliphatic carbocycles. The van der Waals surface area contributed by atoms with Crippen LogP contribution in [0.2, 0.25) is 0 Å². The van der Waals surface area contributed by atoms with E-state index in [4.69, 9.17) is 19.2 Å². The fraction of sp³-hybridized carbons (Fsp3) is 0.258. The van der Waals surface area contributed by atoms with Crippen LogP contribution in [0, 0.1) is 10.5 Å². The van der Waals surface area contributed by atoms with Crippen molar-refractivity contribution in [2.75, 3.05) is 20.3 Å². The Kier molecular flexibility index (Phi) is 9.06. The van der Waals surface area contributed by atoms with E-state index in [0.717, 1.165) is 31.6 Å². The van der Waals surface area contributed by atoms with E-state index in [2.05, 4.69) is 48.1 Å². The van der Waals surface area contributed by atoms with Gasteiger partial charge in [0, 0.05) is 5.56 Å². The van der Waals surface area contributed by atoms with Crippen LogP contribution in [0.5, 0.6) is 17.2 Å². The summed E-state index contributed by atoms with van der Waals surface area (Å²) in [6.07, 6.45) is 3.33. The maximum absolute atomic E-state index is 13.7. The third-order valence-corrected chi connectivity index (χ3v) is 6.99. The summed E-state index contributed by atoms with van der Waals surface area (Å²) >= 11 is 2.21. The van der Waals surface area contributed by atoms with Gasteiger partial charge in [-0.3, -0.25) is 4.79 Å². The minimum Gasteiger partial charge on any atom is -0.496 e. The van der Waals surface area contributed by atoms with Crippen molar-refractivity contribution >= 4 is 39.7 Å². The molecule has 202 valence electrons. The lowest BCUT2D eigenvalue weighted by Crippen LogP contribution is -2.21. The summed E-state index contributed by atoms with van der Waals surface area (Å²) in [5.41, 5.74) is 3.90. The number of methoxy groups -OCH3 is 1. The van der Waals surface area contributed by atoms with Crippen LogP contribution in [-0.4, -0.2) is 36.2 Å². The summed E-state index contributed by atoms with van der Waals surface area (Å²) < 4.78 is 19.5. The van der Waals surface area contributed by atoms with Gasteiger partial charge in [0.15, 0.2) is 17.3 Å². The SMILES string of the molecule is C=CCOc1c(I)cc(C=Nn2c(-c3cc(C(C)C)c(OC)cc3C)nc3ccccc3c2=O)cc1OCC. The van der Waals surface area contributed by atoms with Crippen LogP contribution in [0.15, 0.2) is 71.1 Å². The van der Waals surface area contributed by atoms with Crippen LogP contribution in [0.3, 0.4) is 0 Å². The van der Waals surface area contributed by atoms with Gasteiger partial charge >= 0.3 is 0 Å². The Balaban J connectivity index is 1.92. The minimum atomic E-state index is -0.251. The smallest absolute Gasteiger partial charge is 0.282 e. The highest BCUT2D eigenvalue weighted by molar-refractivity contribution is 14.1. The lowest BCUT2D eigenvalue weighted by atomic mass is 9.96. The first kappa shape index (κ1) is 28.4. The fourth-order valence-electron chi connectivity index (χ4n) is 4.30. The number of aryl methyl sites for hydroxylation is 1. The topological polar surface area (TPSA) is 74.9 Å². The van der Waals surface area contributed by atoms with Crippen molar-refractivity contribution in [3.05, 3.63) is 91.8 Å². The molecule has 7 nitrogen and oxygen atoms in total. The molecule has 0 atom stereocenters. The molecule has 0 saturated heterocycles. The normalized spacial score (nSPS) is 11.4. The molecule has 0 spiro atoms. The fourth-order valence-corrected chi connectivity index (χ4v) is 5.09. The molecule has 4 rings (SSSR count). The Bertz CT molecular complexity index is 1610. The van der Waals surface area contributed by atoms with Crippen LogP contribution in [-0.2, 0) is 0 Å². The zero-order chi connectivity index (χ0) is 28.1. The minimum absolute atomic E-state index is 0.212. The van der Waals surface area contributed by atoms with E-state index >= 15 is 0 Å². The summed E-state index contributed by atoms with van der Waals surface area (Å²) in [4.78, 5) is 18.6. The lowest BCUT2D eigenvalue weighted by molar-refractivity contribution is 0.295. The highest BCUT2D eigenvalue weighted by Crippen LogP contribution is 2.35. The van der Waals surface area contributed by atoms with Gasteiger partial charge in [-0.05, 0) is 95.4 Å². The zero-order valence-corrected chi connectivity index (χ0v) is 25.0. The molecule has 0 aliphatic rings. The third kappa shape index (κ3) is 6.00. The van der Waals surface area contributed by atoms with Crippen LogP contribution in [0.1, 0.15) is 43.4 Å². The molecule has 1 aromatic heterocycles. The Morgan fingerprint density at radius 3 is 2.59 bits per heavy atom. The number of para-hydroxylation sites is 1. The van der Waals surface area contributed by atoms with Gasteiger partial charge in [-0.2, -0.15) is 9.78 Å². The molecule has 1 heterocycles. The Morgan fingerprint density at radius 1 is 1.13 bits per heavy atom. The van der Waals surface area contributed by atoms with Gasteiger partial charge in [-0.25, -0.2) is 4.98 Å². The number of fused-ring (bicyclic) bond motifs is 1. The zero-order valence-electron chi connectivity index (χ0n) is 22.8. The highest BCUT2D eigenvalue weighted by atomic mass is 127. The van der Waals surface area contributed by atoms with Crippen LogP contribution < -0.4 is 19.8 Å². The summed E-state index contributed by atoms with van der Waals surface area (Å²) in [7, 11) is 1.67. The van der Waals surface area contributed by atoms with Gasteiger partial charge in [-0.1, -0.05) is 38.6 Å².